The van der Waals surface area contributed by atoms with Crippen LogP contribution in [-0.4, -0.2) is 14.2 Å². The van der Waals surface area contributed by atoms with Gasteiger partial charge >= 0.3 is 0 Å². The first-order valence-electron chi connectivity index (χ1n) is 6.46. The molecule has 20 heavy (non-hydrogen) atoms. The number of hydrogen-bond donors (Lipinski definition) is 1. The number of ether oxygens (including phenoxy) is 1. The van der Waals surface area contributed by atoms with Crippen LogP contribution >= 0.6 is 0 Å². The fraction of sp³-hybridized carbons (Fsp3) is 0.250. The van der Waals surface area contributed by atoms with Crippen LogP contribution in [0.25, 0.3) is 0 Å². The largest absolute Gasteiger partial charge is 0.497 e. The molecule has 2 aromatic carbocycles. The van der Waals surface area contributed by atoms with Gasteiger partial charge in [-0.05, 0) is 41.5 Å². The molecule has 4 heteroatoms. The molecule has 0 aliphatic rings. The van der Waals surface area contributed by atoms with Crippen LogP contribution in [0.3, 0.4) is 0 Å². The summed E-state index contributed by atoms with van der Waals surface area (Å²) < 4.78 is 18.7. The fourth-order valence-corrected chi connectivity index (χ4v) is 2.11. The molecule has 0 aromatic heterocycles. The van der Waals surface area contributed by atoms with E-state index < -0.39 is 0 Å². The van der Waals surface area contributed by atoms with Crippen molar-refractivity contribution in [3.63, 3.8) is 0 Å². The quantitative estimate of drug-likeness (QED) is 0.911. The summed E-state index contributed by atoms with van der Waals surface area (Å²) in [7, 11) is 3.57. The van der Waals surface area contributed by atoms with Gasteiger partial charge in [-0.1, -0.05) is 12.1 Å². The summed E-state index contributed by atoms with van der Waals surface area (Å²) in [6.07, 6.45) is 0. The van der Waals surface area contributed by atoms with E-state index in [9.17, 15) is 4.39 Å². The maximum atomic E-state index is 13.5. The molecule has 0 saturated carbocycles. The molecule has 2 rings (SSSR count). The van der Waals surface area contributed by atoms with E-state index in [0.717, 1.165) is 22.6 Å². The number of nitrogens with two attached hydrogens (primary N) is 1. The van der Waals surface area contributed by atoms with Crippen molar-refractivity contribution in [2.45, 2.75) is 13.1 Å². The minimum atomic E-state index is -0.263. The zero-order valence-electron chi connectivity index (χ0n) is 11.8. The molecule has 0 saturated heterocycles. The Bertz CT molecular complexity index is 586. The highest BCUT2D eigenvalue weighted by molar-refractivity contribution is 5.49. The van der Waals surface area contributed by atoms with Crippen molar-refractivity contribution in [2.24, 2.45) is 5.73 Å². The number of halogens is 1. The van der Waals surface area contributed by atoms with Crippen LogP contribution in [0.4, 0.5) is 10.1 Å². The molecule has 0 aliphatic carbocycles. The third-order valence-corrected chi connectivity index (χ3v) is 3.17. The van der Waals surface area contributed by atoms with Crippen LogP contribution in [0.1, 0.15) is 11.1 Å². The van der Waals surface area contributed by atoms with Gasteiger partial charge in [0.15, 0.2) is 0 Å². The lowest BCUT2D eigenvalue weighted by Gasteiger charge is -2.20. The average Bonchev–Trinajstić information content (AvgIpc) is 2.46. The lowest BCUT2D eigenvalue weighted by atomic mass is 10.1. The molecule has 0 unspecified atom stereocenters. The van der Waals surface area contributed by atoms with Crippen molar-refractivity contribution in [3.05, 3.63) is 59.4 Å². The molecule has 2 N–H and O–H groups in total. The first-order valence-corrected chi connectivity index (χ1v) is 6.46. The number of hydrogen-bond acceptors (Lipinski definition) is 3. The molecule has 0 aliphatic heterocycles. The second-order valence-corrected chi connectivity index (χ2v) is 4.73. The number of benzene rings is 2. The Kier molecular flexibility index (Phi) is 4.58. The van der Waals surface area contributed by atoms with Gasteiger partial charge in [0.05, 0.1) is 7.11 Å². The highest BCUT2D eigenvalue weighted by Crippen LogP contribution is 2.21. The summed E-state index contributed by atoms with van der Waals surface area (Å²) in [6, 6.07) is 12.7. The summed E-state index contributed by atoms with van der Waals surface area (Å²) in [5.41, 5.74) is 8.28. The highest BCUT2D eigenvalue weighted by Gasteiger charge is 2.06. The number of nitrogens with zero attached hydrogens (tertiary/aromatic N) is 1. The van der Waals surface area contributed by atoms with Crippen LogP contribution in [0, 0.1) is 5.82 Å². The lowest BCUT2D eigenvalue weighted by molar-refractivity contribution is 0.414. The van der Waals surface area contributed by atoms with Gasteiger partial charge in [-0.25, -0.2) is 4.39 Å². The second-order valence-electron chi connectivity index (χ2n) is 4.73. The third kappa shape index (κ3) is 3.48. The van der Waals surface area contributed by atoms with E-state index in [1.165, 1.54) is 12.1 Å². The molecule has 106 valence electrons. The standard InChI is InChI=1S/C16H19FN2O/c1-19(11-12-4-3-5-16(8-12)20-2)15-7-13(10-18)6-14(17)9-15/h3-9H,10-11,18H2,1-2H3. The zero-order chi connectivity index (χ0) is 14.5. The molecule has 3 nitrogen and oxygen atoms in total. The molecule has 0 fully saturated rings. The van der Waals surface area contributed by atoms with Crippen molar-refractivity contribution < 1.29 is 9.13 Å². The Labute approximate surface area is 118 Å². The van der Waals surface area contributed by atoms with Gasteiger partial charge in [-0.2, -0.15) is 0 Å². The first-order chi connectivity index (χ1) is 9.62. The van der Waals surface area contributed by atoms with Crippen molar-refractivity contribution in [2.75, 3.05) is 19.1 Å². The summed E-state index contributed by atoms with van der Waals surface area (Å²) in [5.74, 6) is 0.554. The van der Waals surface area contributed by atoms with Crippen LogP contribution in [-0.2, 0) is 13.1 Å². The van der Waals surface area contributed by atoms with E-state index in [1.54, 1.807) is 7.11 Å². The van der Waals surface area contributed by atoms with Gasteiger partial charge in [0, 0.05) is 25.8 Å². The van der Waals surface area contributed by atoms with E-state index in [0.29, 0.717) is 13.1 Å². The van der Waals surface area contributed by atoms with Crippen molar-refractivity contribution in [1.29, 1.82) is 0 Å². The normalized spacial score (nSPS) is 10.4. The molecule has 2 aromatic rings. The summed E-state index contributed by atoms with van der Waals surface area (Å²) in [5, 5.41) is 0. The van der Waals surface area contributed by atoms with Crippen molar-refractivity contribution >= 4 is 5.69 Å². The highest BCUT2D eigenvalue weighted by atomic mass is 19.1. The van der Waals surface area contributed by atoms with Crippen LogP contribution < -0.4 is 15.4 Å². The van der Waals surface area contributed by atoms with E-state index >= 15 is 0 Å². The van der Waals surface area contributed by atoms with Gasteiger partial charge in [0.1, 0.15) is 11.6 Å². The van der Waals surface area contributed by atoms with E-state index in [-0.39, 0.29) is 5.82 Å². The Morgan fingerprint density at radius 3 is 2.65 bits per heavy atom. The van der Waals surface area contributed by atoms with E-state index in [4.69, 9.17) is 10.5 Å². The van der Waals surface area contributed by atoms with Gasteiger partial charge in [0.2, 0.25) is 0 Å². The molecular formula is C16H19FN2O. The lowest BCUT2D eigenvalue weighted by Crippen LogP contribution is -2.17. The molecule has 0 atom stereocenters. The molecule has 0 bridgehead atoms. The molecule has 0 spiro atoms. The van der Waals surface area contributed by atoms with Crippen molar-refractivity contribution in [3.8, 4) is 5.75 Å². The maximum absolute atomic E-state index is 13.5. The van der Waals surface area contributed by atoms with Gasteiger partial charge in [-0.15, -0.1) is 0 Å². The zero-order valence-corrected chi connectivity index (χ0v) is 11.8. The summed E-state index contributed by atoms with van der Waals surface area (Å²) in [4.78, 5) is 1.98. The second kappa shape index (κ2) is 6.39. The Balaban J connectivity index is 2.18. The number of rotatable bonds is 5. The smallest absolute Gasteiger partial charge is 0.125 e. The molecular weight excluding hydrogens is 255 g/mol. The number of methoxy groups -OCH3 is 1. The van der Waals surface area contributed by atoms with Crippen LogP contribution in [0.5, 0.6) is 5.75 Å². The van der Waals surface area contributed by atoms with Gasteiger partial charge in [-0.3, -0.25) is 0 Å². The molecule has 0 amide bonds. The summed E-state index contributed by atoms with van der Waals surface area (Å²) in [6.45, 7) is 1.00. The molecule has 0 radical (unpaired) electrons. The fourth-order valence-electron chi connectivity index (χ4n) is 2.11. The molecule has 0 heterocycles. The van der Waals surface area contributed by atoms with Crippen LogP contribution in [0.2, 0.25) is 0 Å². The van der Waals surface area contributed by atoms with Crippen LogP contribution in [0.15, 0.2) is 42.5 Å². The van der Waals surface area contributed by atoms with Gasteiger partial charge in [0.25, 0.3) is 0 Å². The van der Waals surface area contributed by atoms with E-state index in [2.05, 4.69) is 0 Å². The minimum absolute atomic E-state index is 0.263. The van der Waals surface area contributed by atoms with Crippen molar-refractivity contribution in [1.82, 2.24) is 0 Å². The average molecular weight is 274 g/mol. The SMILES string of the molecule is COc1cccc(CN(C)c2cc(F)cc(CN)c2)c1. The predicted octanol–water partition coefficient (Wildman–Crippen LogP) is 2.93. The minimum Gasteiger partial charge on any atom is -0.497 e. The first kappa shape index (κ1) is 14.3. The maximum Gasteiger partial charge on any atom is 0.125 e. The Morgan fingerprint density at radius 2 is 1.95 bits per heavy atom. The van der Waals surface area contributed by atoms with Gasteiger partial charge < -0.3 is 15.4 Å². The topological polar surface area (TPSA) is 38.5 Å². The van der Waals surface area contributed by atoms with E-state index in [1.807, 2.05) is 42.3 Å². The Morgan fingerprint density at radius 1 is 1.15 bits per heavy atom. The number of anilines is 1. The monoisotopic (exact) mass is 274 g/mol. The summed E-state index contributed by atoms with van der Waals surface area (Å²) >= 11 is 0. The predicted molar refractivity (Wildman–Crippen MR) is 79.4 cm³/mol. The Hall–Kier alpha value is -2.07. The third-order valence-electron chi connectivity index (χ3n) is 3.17.